The Bertz CT molecular complexity index is 417. The Kier molecular flexibility index (Phi) is 5.71. The first-order valence-electron chi connectivity index (χ1n) is 7.20. The van der Waals surface area contributed by atoms with Crippen LogP contribution in [0, 0.1) is 5.92 Å². The third kappa shape index (κ3) is 5.71. The standard InChI is InChI=1S/C14H25N3O4/c1-9(11(18)15-13(21)16-14(2,3)4)17-7-5-6-10(8-17)12(19)20/h9-10H,5-8H2,1-4H3,(H,19,20)(H2,15,16,18,21). The van der Waals surface area contributed by atoms with Crippen LogP contribution in [-0.4, -0.2) is 52.6 Å². The van der Waals surface area contributed by atoms with Crippen molar-refractivity contribution in [1.29, 1.82) is 0 Å². The number of rotatable bonds is 3. The summed E-state index contributed by atoms with van der Waals surface area (Å²) in [4.78, 5) is 36.6. The maximum absolute atomic E-state index is 12.1. The molecule has 0 saturated carbocycles. The second-order valence-corrected chi connectivity index (χ2v) is 6.54. The molecule has 7 nitrogen and oxygen atoms in total. The van der Waals surface area contributed by atoms with Crippen LogP contribution in [0.2, 0.25) is 0 Å². The lowest BCUT2D eigenvalue weighted by atomic mass is 9.97. The summed E-state index contributed by atoms with van der Waals surface area (Å²) < 4.78 is 0. The molecule has 1 saturated heterocycles. The van der Waals surface area contributed by atoms with Crippen molar-refractivity contribution < 1.29 is 19.5 Å². The Hall–Kier alpha value is -1.63. The fraction of sp³-hybridized carbons (Fsp3) is 0.786. The van der Waals surface area contributed by atoms with Crippen molar-refractivity contribution in [1.82, 2.24) is 15.5 Å². The van der Waals surface area contributed by atoms with Crippen LogP contribution in [0.15, 0.2) is 0 Å². The molecule has 1 heterocycles. The number of nitrogens with one attached hydrogen (secondary N) is 2. The summed E-state index contributed by atoms with van der Waals surface area (Å²) in [5, 5.41) is 14.0. The Morgan fingerprint density at radius 2 is 1.90 bits per heavy atom. The first kappa shape index (κ1) is 17.4. The third-order valence-electron chi connectivity index (χ3n) is 3.45. The molecule has 1 aliphatic heterocycles. The molecule has 3 amide bonds. The highest BCUT2D eigenvalue weighted by Crippen LogP contribution is 2.18. The average molecular weight is 299 g/mol. The summed E-state index contributed by atoms with van der Waals surface area (Å²) in [6, 6.07) is -1.07. The van der Waals surface area contributed by atoms with Gasteiger partial charge in [-0.3, -0.25) is 19.8 Å². The zero-order valence-electron chi connectivity index (χ0n) is 13.1. The van der Waals surface area contributed by atoms with Gasteiger partial charge in [0, 0.05) is 12.1 Å². The number of hydrogen-bond acceptors (Lipinski definition) is 4. The Morgan fingerprint density at radius 3 is 2.43 bits per heavy atom. The molecule has 1 rings (SSSR count). The topological polar surface area (TPSA) is 98.7 Å². The second-order valence-electron chi connectivity index (χ2n) is 6.54. The van der Waals surface area contributed by atoms with Gasteiger partial charge in [-0.25, -0.2) is 4.79 Å². The number of nitrogens with zero attached hydrogens (tertiary/aromatic N) is 1. The maximum atomic E-state index is 12.1. The number of amides is 3. The van der Waals surface area contributed by atoms with Gasteiger partial charge in [-0.05, 0) is 47.1 Å². The molecule has 0 aromatic heterocycles. The molecular formula is C14H25N3O4. The van der Waals surface area contributed by atoms with E-state index in [0.717, 1.165) is 6.42 Å². The third-order valence-corrected chi connectivity index (χ3v) is 3.45. The molecule has 0 bridgehead atoms. The number of carbonyl (C=O) groups excluding carboxylic acids is 2. The Labute approximate surface area is 125 Å². The minimum absolute atomic E-state index is 0.338. The molecule has 0 spiro atoms. The van der Waals surface area contributed by atoms with Crippen molar-refractivity contribution in [2.45, 2.75) is 52.1 Å². The van der Waals surface area contributed by atoms with Crippen molar-refractivity contribution in [3.05, 3.63) is 0 Å². The van der Waals surface area contributed by atoms with Gasteiger partial charge in [-0.15, -0.1) is 0 Å². The molecule has 1 aliphatic rings. The van der Waals surface area contributed by atoms with Gasteiger partial charge in [0.15, 0.2) is 0 Å². The molecule has 0 aromatic carbocycles. The average Bonchev–Trinajstić information content (AvgIpc) is 2.35. The van der Waals surface area contributed by atoms with E-state index in [4.69, 9.17) is 5.11 Å². The molecule has 0 aromatic rings. The fourth-order valence-corrected chi connectivity index (χ4v) is 2.31. The SMILES string of the molecule is CC(C(=O)NC(=O)NC(C)(C)C)N1CCCC(C(=O)O)C1. The number of carboxylic acid groups (broad SMARTS) is 1. The highest BCUT2D eigenvalue weighted by molar-refractivity contribution is 5.97. The number of urea groups is 1. The predicted molar refractivity (Wildman–Crippen MR) is 77.8 cm³/mol. The fourth-order valence-electron chi connectivity index (χ4n) is 2.31. The molecule has 1 fully saturated rings. The van der Waals surface area contributed by atoms with Crippen LogP contribution in [0.3, 0.4) is 0 Å². The van der Waals surface area contributed by atoms with E-state index in [1.54, 1.807) is 6.92 Å². The van der Waals surface area contributed by atoms with E-state index in [2.05, 4.69) is 10.6 Å². The number of likely N-dealkylation sites (tertiary alicyclic amines) is 1. The molecule has 120 valence electrons. The van der Waals surface area contributed by atoms with Gasteiger partial charge in [0.25, 0.3) is 0 Å². The van der Waals surface area contributed by atoms with Gasteiger partial charge in [-0.1, -0.05) is 0 Å². The molecule has 2 unspecified atom stereocenters. The zero-order chi connectivity index (χ0) is 16.2. The largest absolute Gasteiger partial charge is 0.481 e. The van der Waals surface area contributed by atoms with Gasteiger partial charge in [0.05, 0.1) is 12.0 Å². The smallest absolute Gasteiger partial charge is 0.321 e. The normalized spacial score (nSPS) is 21.4. The van der Waals surface area contributed by atoms with E-state index in [-0.39, 0.29) is 0 Å². The highest BCUT2D eigenvalue weighted by atomic mass is 16.4. The van der Waals surface area contributed by atoms with Crippen molar-refractivity contribution >= 4 is 17.9 Å². The van der Waals surface area contributed by atoms with Crippen LogP contribution >= 0.6 is 0 Å². The molecule has 0 aliphatic carbocycles. The monoisotopic (exact) mass is 299 g/mol. The minimum atomic E-state index is -0.835. The summed E-state index contributed by atoms with van der Waals surface area (Å²) in [5.41, 5.74) is -0.423. The van der Waals surface area contributed by atoms with Crippen LogP contribution in [0.4, 0.5) is 4.79 Å². The Balaban J connectivity index is 2.54. The first-order valence-corrected chi connectivity index (χ1v) is 7.20. The van der Waals surface area contributed by atoms with Gasteiger partial charge in [0.2, 0.25) is 5.91 Å². The molecule has 0 radical (unpaired) electrons. The van der Waals surface area contributed by atoms with Gasteiger partial charge in [-0.2, -0.15) is 0 Å². The van der Waals surface area contributed by atoms with E-state index in [1.165, 1.54) is 0 Å². The van der Waals surface area contributed by atoms with Crippen LogP contribution in [-0.2, 0) is 9.59 Å². The second kappa shape index (κ2) is 6.89. The Morgan fingerprint density at radius 1 is 1.29 bits per heavy atom. The molecule has 3 N–H and O–H groups in total. The van der Waals surface area contributed by atoms with Crippen molar-refractivity contribution in [2.75, 3.05) is 13.1 Å². The van der Waals surface area contributed by atoms with E-state index < -0.39 is 35.4 Å². The minimum Gasteiger partial charge on any atom is -0.481 e. The number of carbonyl (C=O) groups is 3. The summed E-state index contributed by atoms with van der Waals surface area (Å²) in [7, 11) is 0. The summed E-state index contributed by atoms with van der Waals surface area (Å²) in [5.74, 6) is -1.70. The summed E-state index contributed by atoms with van der Waals surface area (Å²) in [6.07, 6.45) is 1.37. The van der Waals surface area contributed by atoms with E-state index in [9.17, 15) is 14.4 Å². The molecular weight excluding hydrogens is 274 g/mol. The van der Waals surface area contributed by atoms with Crippen LogP contribution < -0.4 is 10.6 Å². The number of imide groups is 1. The zero-order valence-corrected chi connectivity index (χ0v) is 13.1. The lowest BCUT2D eigenvalue weighted by Gasteiger charge is -2.34. The molecule has 21 heavy (non-hydrogen) atoms. The summed E-state index contributed by atoms with van der Waals surface area (Å²) in [6.45, 7) is 8.15. The maximum Gasteiger partial charge on any atom is 0.321 e. The molecule has 2 atom stereocenters. The number of piperidine rings is 1. The number of aliphatic carboxylic acids is 1. The quantitative estimate of drug-likeness (QED) is 0.716. The first-order chi connectivity index (χ1) is 9.60. The van der Waals surface area contributed by atoms with Gasteiger partial charge < -0.3 is 10.4 Å². The van der Waals surface area contributed by atoms with Crippen LogP contribution in [0.25, 0.3) is 0 Å². The molecule has 7 heteroatoms. The number of carboxylic acids is 1. The predicted octanol–water partition coefficient (Wildman–Crippen LogP) is 0.796. The lowest BCUT2D eigenvalue weighted by Crippen LogP contribution is -2.54. The highest BCUT2D eigenvalue weighted by Gasteiger charge is 2.31. The lowest BCUT2D eigenvalue weighted by molar-refractivity contribution is -0.144. The number of hydrogen-bond donors (Lipinski definition) is 3. The van der Waals surface area contributed by atoms with E-state index >= 15 is 0 Å². The van der Waals surface area contributed by atoms with Crippen LogP contribution in [0.1, 0.15) is 40.5 Å². The van der Waals surface area contributed by atoms with Gasteiger partial charge in [0.1, 0.15) is 0 Å². The summed E-state index contributed by atoms with van der Waals surface area (Å²) >= 11 is 0. The van der Waals surface area contributed by atoms with Crippen molar-refractivity contribution in [2.24, 2.45) is 5.92 Å². The van der Waals surface area contributed by atoms with Gasteiger partial charge >= 0.3 is 12.0 Å². The van der Waals surface area contributed by atoms with E-state index in [1.807, 2.05) is 25.7 Å². The van der Waals surface area contributed by atoms with Crippen molar-refractivity contribution in [3.63, 3.8) is 0 Å². The van der Waals surface area contributed by atoms with Crippen LogP contribution in [0.5, 0.6) is 0 Å². The van der Waals surface area contributed by atoms with Crippen molar-refractivity contribution in [3.8, 4) is 0 Å². The van der Waals surface area contributed by atoms with E-state index in [0.29, 0.717) is 19.5 Å².